The summed E-state index contributed by atoms with van der Waals surface area (Å²) in [5.41, 5.74) is 3.87. The predicted molar refractivity (Wildman–Crippen MR) is 104 cm³/mol. The second-order valence-corrected chi connectivity index (χ2v) is 8.21. The summed E-state index contributed by atoms with van der Waals surface area (Å²) in [6.45, 7) is 4.34. The van der Waals surface area contributed by atoms with E-state index in [1.165, 1.54) is 30.9 Å². The van der Waals surface area contributed by atoms with Crippen LogP contribution in [-0.2, 0) is 19.1 Å². The minimum Gasteiger partial charge on any atom is -0.468 e. The van der Waals surface area contributed by atoms with Crippen LogP contribution in [0.15, 0.2) is 47.1 Å². The maximum Gasteiger partial charge on any atom is 0.323 e. The Labute approximate surface area is 159 Å². The van der Waals surface area contributed by atoms with Crippen LogP contribution in [0.3, 0.4) is 0 Å². The van der Waals surface area contributed by atoms with Crippen LogP contribution in [0.4, 0.5) is 0 Å². The SMILES string of the molecule is C=C1CC2=CCSCC=C2CCC2=CCC(C(=O)OC)(C(=O)OC)CC12. The number of ether oxygens (including phenoxy) is 2. The van der Waals surface area contributed by atoms with Gasteiger partial charge < -0.3 is 9.47 Å². The molecule has 3 rings (SSSR count). The van der Waals surface area contributed by atoms with Crippen molar-refractivity contribution >= 4 is 23.7 Å². The third kappa shape index (κ3) is 3.41. The average Bonchev–Trinajstić information content (AvgIpc) is 2.88. The van der Waals surface area contributed by atoms with Crippen molar-refractivity contribution in [2.75, 3.05) is 25.7 Å². The molecule has 0 bridgehead atoms. The first-order chi connectivity index (χ1) is 12.5. The predicted octanol–water partition coefficient (Wildman–Crippen LogP) is 3.99. The lowest BCUT2D eigenvalue weighted by atomic mass is 9.65. The van der Waals surface area contributed by atoms with Crippen molar-refractivity contribution in [2.24, 2.45) is 11.3 Å². The molecule has 140 valence electrons. The minimum atomic E-state index is -1.26. The molecule has 3 aliphatic rings. The van der Waals surface area contributed by atoms with E-state index in [9.17, 15) is 9.59 Å². The smallest absolute Gasteiger partial charge is 0.323 e. The first-order valence-corrected chi connectivity index (χ1v) is 10.2. The Kier molecular flexibility index (Phi) is 5.76. The maximum atomic E-state index is 12.5. The van der Waals surface area contributed by atoms with Gasteiger partial charge in [-0.15, -0.1) is 0 Å². The Hall–Kier alpha value is -1.75. The van der Waals surface area contributed by atoms with Crippen LogP contribution in [0.5, 0.6) is 0 Å². The zero-order chi connectivity index (χ0) is 18.7. The van der Waals surface area contributed by atoms with E-state index in [4.69, 9.17) is 9.47 Å². The van der Waals surface area contributed by atoms with Gasteiger partial charge in [-0.1, -0.05) is 36.0 Å². The summed E-state index contributed by atoms with van der Waals surface area (Å²) in [4.78, 5) is 25.0. The second-order valence-electron chi connectivity index (χ2n) is 7.14. The Morgan fingerprint density at radius 3 is 2.38 bits per heavy atom. The lowest BCUT2D eigenvalue weighted by molar-refractivity contribution is -0.170. The van der Waals surface area contributed by atoms with Crippen molar-refractivity contribution in [2.45, 2.75) is 32.1 Å². The Balaban J connectivity index is 1.95. The molecule has 0 spiro atoms. The monoisotopic (exact) mass is 374 g/mol. The van der Waals surface area contributed by atoms with Gasteiger partial charge in [0.15, 0.2) is 5.41 Å². The van der Waals surface area contributed by atoms with E-state index in [0.29, 0.717) is 12.8 Å². The van der Waals surface area contributed by atoms with E-state index in [1.807, 2.05) is 17.8 Å². The highest BCUT2D eigenvalue weighted by Crippen LogP contribution is 2.48. The number of carbonyl (C=O) groups excluding carboxylic acids is 2. The molecule has 0 N–H and O–H groups in total. The summed E-state index contributed by atoms with van der Waals surface area (Å²) in [6.07, 6.45) is 10.2. The van der Waals surface area contributed by atoms with Crippen LogP contribution >= 0.6 is 11.8 Å². The zero-order valence-electron chi connectivity index (χ0n) is 15.5. The van der Waals surface area contributed by atoms with Crippen LogP contribution in [-0.4, -0.2) is 37.7 Å². The summed E-state index contributed by atoms with van der Waals surface area (Å²) < 4.78 is 9.93. The summed E-state index contributed by atoms with van der Waals surface area (Å²) in [5, 5.41) is 0. The Morgan fingerprint density at radius 2 is 1.73 bits per heavy atom. The van der Waals surface area contributed by atoms with Gasteiger partial charge in [-0.05, 0) is 43.3 Å². The van der Waals surface area contributed by atoms with Gasteiger partial charge in [0.25, 0.3) is 0 Å². The number of esters is 2. The molecule has 0 aromatic carbocycles. The highest BCUT2D eigenvalue weighted by atomic mass is 32.2. The normalized spacial score (nSPS) is 25.1. The van der Waals surface area contributed by atoms with Crippen LogP contribution in [0.2, 0.25) is 0 Å². The van der Waals surface area contributed by atoms with Crippen molar-refractivity contribution in [3.8, 4) is 0 Å². The van der Waals surface area contributed by atoms with Gasteiger partial charge >= 0.3 is 11.9 Å². The topological polar surface area (TPSA) is 52.6 Å². The zero-order valence-corrected chi connectivity index (χ0v) is 16.3. The fourth-order valence-corrected chi connectivity index (χ4v) is 5.02. The van der Waals surface area contributed by atoms with E-state index in [1.54, 1.807) is 0 Å². The number of methoxy groups -OCH3 is 2. The van der Waals surface area contributed by atoms with E-state index in [-0.39, 0.29) is 5.92 Å². The van der Waals surface area contributed by atoms with E-state index in [2.05, 4.69) is 18.7 Å². The molecule has 2 aliphatic carbocycles. The molecule has 1 unspecified atom stereocenters. The average molecular weight is 375 g/mol. The number of allylic oxidation sites excluding steroid dienone is 5. The number of thioether (sulfide) groups is 1. The molecule has 0 saturated heterocycles. The molecule has 0 aromatic rings. The molecule has 4 nitrogen and oxygen atoms in total. The van der Waals surface area contributed by atoms with Crippen molar-refractivity contribution in [3.63, 3.8) is 0 Å². The van der Waals surface area contributed by atoms with Crippen molar-refractivity contribution in [1.82, 2.24) is 0 Å². The first-order valence-electron chi connectivity index (χ1n) is 9.01. The van der Waals surface area contributed by atoms with Gasteiger partial charge in [-0.3, -0.25) is 9.59 Å². The van der Waals surface area contributed by atoms with Crippen LogP contribution in [0.1, 0.15) is 32.1 Å². The number of carbonyl (C=O) groups is 2. The Morgan fingerprint density at radius 1 is 1.08 bits per heavy atom. The van der Waals surface area contributed by atoms with Gasteiger partial charge in [0.1, 0.15) is 0 Å². The molecular weight excluding hydrogens is 348 g/mol. The third-order valence-corrected chi connectivity index (χ3v) is 6.57. The summed E-state index contributed by atoms with van der Waals surface area (Å²) in [7, 11) is 2.65. The molecule has 0 radical (unpaired) electrons. The molecule has 1 saturated carbocycles. The fraction of sp³-hybridized carbons (Fsp3) is 0.524. The third-order valence-electron chi connectivity index (χ3n) is 5.77. The summed E-state index contributed by atoms with van der Waals surface area (Å²) in [5.74, 6) is 1.06. The number of hydrogen-bond acceptors (Lipinski definition) is 5. The fourth-order valence-electron chi connectivity index (χ4n) is 4.25. The van der Waals surface area contributed by atoms with Gasteiger partial charge in [-0.2, -0.15) is 11.8 Å². The van der Waals surface area contributed by atoms with Crippen LogP contribution < -0.4 is 0 Å². The highest BCUT2D eigenvalue weighted by molar-refractivity contribution is 7.99. The molecule has 5 heteroatoms. The van der Waals surface area contributed by atoms with Crippen LogP contribution in [0, 0.1) is 11.3 Å². The molecule has 1 fully saturated rings. The van der Waals surface area contributed by atoms with E-state index < -0.39 is 17.4 Å². The maximum absolute atomic E-state index is 12.5. The molecule has 1 atom stereocenters. The van der Waals surface area contributed by atoms with Gasteiger partial charge in [0, 0.05) is 17.4 Å². The van der Waals surface area contributed by atoms with Crippen molar-refractivity contribution in [1.29, 1.82) is 0 Å². The van der Waals surface area contributed by atoms with E-state index in [0.717, 1.165) is 36.3 Å². The first kappa shape index (κ1) is 19.0. The molecule has 0 aromatic heterocycles. The molecule has 26 heavy (non-hydrogen) atoms. The van der Waals surface area contributed by atoms with Crippen molar-refractivity contribution in [3.05, 3.63) is 47.1 Å². The van der Waals surface area contributed by atoms with Gasteiger partial charge in [0.2, 0.25) is 0 Å². The molecular formula is C21H26O4S. The lowest BCUT2D eigenvalue weighted by Crippen LogP contribution is -2.45. The van der Waals surface area contributed by atoms with Crippen molar-refractivity contribution < 1.29 is 19.1 Å². The van der Waals surface area contributed by atoms with E-state index >= 15 is 0 Å². The number of rotatable bonds is 2. The van der Waals surface area contributed by atoms with Gasteiger partial charge in [-0.25, -0.2) is 0 Å². The molecule has 1 aliphatic heterocycles. The number of hydrogen-bond donors (Lipinski definition) is 0. The van der Waals surface area contributed by atoms with Gasteiger partial charge in [0.05, 0.1) is 14.2 Å². The second kappa shape index (κ2) is 7.87. The lowest BCUT2D eigenvalue weighted by Gasteiger charge is -2.38. The standard InChI is InChI=1S/C21H26O4S/c1-14-12-17-8-11-26-10-7-15(17)4-5-16-6-9-21(13-18(14)16,19(22)24-2)20(23)25-3/h6-8,18H,1,4-5,9-13H2,2-3H3. The Bertz CT molecular complexity index is 698. The van der Waals surface area contributed by atoms with Crippen LogP contribution in [0.25, 0.3) is 0 Å². The quantitative estimate of drug-likeness (QED) is 0.415. The summed E-state index contributed by atoms with van der Waals surface area (Å²) >= 11 is 1.92. The largest absolute Gasteiger partial charge is 0.468 e. The minimum absolute atomic E-state index is 0.0142. The molecule has 1 heterocycles. The number of fused-ring (bicyclic) bond motifs is 2. The summed E-state index contributed by atoms with van der Waals surface area (Å²) in [6, 6.07) is 0. The highest BCUT2D eigenvalue weighted by Gasteiger charge is 2.51. The molecule has 0 amide bonds.